The second-order valence-corrected chi connectivity index (χ2v) is 5.74. The van der Waals surface area contributed by atoms with Gasteiger partial charge in [-0.15, -0.1) is 12.4 Å². The van der Waals surface area contributed by atoms with Gasteiger partial charge in [-0.1, -0.05) is 0 Å². The lowest BCUT2D eigenvalue weighted by atomic mass is 10.1. The fourth-order valence-electron chi connectivity index (χ4n) is 2.90. The van der Waals surface area contributed by atoms with Crippen LogP contribution in [-0.4, -0.2) is 50.3 Å². The number of amides is 1. The highest BCUT2D eigenvalue weighted by Gasteiger charge is 2.27. The summed E-state index contributed by atoms with van der Waals surface area (Å²) in [6, 6.07) is 3.49. The predicted molar refractivity (Wildman–Crippen MR) is 100 cm³/mol. The molecule has 1 aromatic rings. The zero-order chi connectivity index (χ0) is 17.5. The van der Waals surface area contributed by atoms with E-state index in [1.807, 2.05) is 25.7 Å². The lowest BCUT2D eigenvalue weighted by Gasteiger charge is -2.20. The van der Waals surface area contributed by atoms with Gasteiger partial charge in [-0.3, -0.25) is 4.79 Å². The van der Waals surface area contributed by atoms with E-state index in [0.29, 0.717) is 61.6 Å². The quantitative estimate of drug-likeness (QED) is 0.759. The van der Waals surface area contributed by atoms with E-state index in [-0.39, 0.29) is 18.3 Å². The summed E-state index contributed by atoms with van der Waals surface area (Å²) in [4.78, 5) is 14.7. The third-order valence-electron chi connectivity index (χ3n) is 4.06. The first-order valence-electron chi connectivity index (χ1n) is 8.70. The van der Waals surface area contributed by atoms with Crippen LogP contribution < -0.4 is 19.9 Å². The van der Waals surface area contributed by atoms with Gasteiger partial charge in [0.25, 0.3) is 5.91 Å². The van der Waals surface area contributed by atoms with Crippen molar-refractivity contribution < 1.29 is 19.0 Å². The Morgan fingerprint density at radius 3 is 2.12 bits per heavy atom. The highest BCUT2D eigenvalue weighted by Crippen LogP contribution is 2.39. The van der Waals surface area contributed by atoms with Crippen LogP contribution in [0, 0.1) is 5.92 Å². The molecule has 1 aromatic carbocycles. The third kappa shape index (κ3) is 5.16. The molecule has 1 saturated heterocycles. The molecule has 25 heavy (non-hydrogen) atoms. The molecule has 2 rings (SSSR count). The molecule has 0 saturated carbocycles. The van der Waals surface area contributed by atoms with Gasteiger partial charge in [0.2, 0.25) is 5.75 Å². The average Bonchev–Trinajstić information content (AvgIpc) is 3.06. The Hall–Kier alpha value is -1.66. The van der Waals surface area contributed by atoms with E-state index in [1.54, 1.807) is 12.1 Å². The highest BCUT2D eigenvalue weighted by molar-refractivity contribution is 5.95. The van der Waals surface area contributed by atoms with Crippen LogP contribution in [0.15, 0.2) is 12.1 Å². The van der Waals surface area contributed by atoms with Crippen LogP contribution in [0.25, 0.3) is 0 Å². The van der Waals surface area contributed by atoms with Crippen LogP contribution in [0.1, 0.15) is 37.6 Å². The van der Waals surface area contributed by atoms with Crippen LogP contribution in [0.5, 0.6) is 17.2 Å². The van der Waals surface area contributed by atoms with Gasteiger partial charge in [0, 0.05) is 18.7 Å². The van der Waals surface area contributed by atoms with E-state index in [0.717, 1.165) is 13.0 Å². The molecule has 1 unspecified atom stereocenters. The molecule has 142 valence electrons. The predicted octanol–water partition coefficient (Wildman–Crippen LogP) is 2.73. The minimum Gasteiger partial charge on any atom is -0.490 e. The summed E-state index contributed by atoms with van der Waals surface area (Å²) in [5.74, 6) is 2.01. The first-order chi connectivity index (χ1) is 11.6. The zero-order valence-corrected chi connectivity index (χ0v) is 16.1. The second kappa shape index (κ2) is 10.4. The van der Waals surface area contributed by atoms with Gasteiger partial charge in [0.15, 0.2) is 11.5 Å². The maximum atomic E-state index is 12.8. The summed E-state index contributed by atoms with van der Waals surface area (Å²) < 4.78 is 17.0. The van der Waals surface area contributed by atoms with Gasteiger partial charge >= 0.3 is 0 Å². The van der Waals surface area contributed by atoms with Gasteiger partial charge in [-0.05, 0) is 51.8 Å². The molecule has 0 aliphatic carbocycles. The highest BCUT2D eigenvalue weighted by atomic mass is 35.5. The van der Waals surface area contributed by atoms with E-state index in [4.69, 9.17) is 19.9 Å². The molecule has 1 atom stereocenters. The first-order valence-corrected chi connectivity index (χ1v) is 8.70. The molecule has 0 aromatic heterocycles. The maximum Gasteiger partial charge on any atom is 0.254 e. The summed E-state index contributed by atoms with van der Waals surface area (Å²) >= 11 is 0. The number of carbonyl (C=O) groups is 1. The number of hydrogen-bond acceptors (Lipinski definition) is 5. The van der Waals surface area contributed by atoms with Gasteiger partial charge in [-0.2, -0.15) is 0 Å². The number of hydrogen-bond donors (Lipinski definition) is 1. The molecular weight excluding hydrogens is 344 g/mol. The minimum absolute atomic E-state index is 0. The molecule has 7 heteroatoms. The smallest absolute Gasteiger partial charge is 0.254 e. The van der Waals surface area contributed by atoms with Crippen molar-refractivity contribution in [1.29, 1.82) is 0 Å². The molecule has 1 aliphatic heterocycles. The Bertz CT molecular complexity index is 541. The summed E-state index contributed by atoms with van der Waals surface area (Å²) in [7, 11) is 0. The van der Waals surface area contributed by atoms with E-state index in [1.165, 1.54) is 0 Å². The summed E-state index contributed by atoms with van der Waals surface area (Å²) in [6.45, 7) is 9.23. The number of benzene rings is 1. The standard InChI is InChI=1S/C18H28N2O4.ClH/c1-4-22-15-9-14(10-16(23-5-2)17(15)24-6-3)18(21)20-8-7-13(11-19)12-20;/h9-10,13H,4-8,11-12,19H2,1-3H3;1H. The fraction of sp³-hybridized carbons (Fsp3) is 0.611. The lowest BCUT2D eigenvalue weighted by molar-refractivity contribution is 0.0786. The maximum absolute atomic E-state index is 12.8. The Balaban J connectivity index is 0.00000312. The Morgan fingerprint density at radius 1 is 1.12 bits per heavy atom. The number of ether oxygens (including phenoxy) is 3. The van der Waals surface area contributed by atoms with Crippen LogP contribution in [0.4, 0.5) is 0 Å². The van der Waals surface area contributed by atoms with Crippen molar-refractivity contribution in [2.24, 2.45) is 11.7 Å². The van der Waals surface area contributed by atoms with E-state index in [9.17, 15) is 4.79 Å². The number of likely N-dealkylation sites (tertiary alicyclic amines) is 1. The van der Waals surface area contributed by atoms with Gasteiger partial charge in [-0.25, -0.2) is 0 Å². The van der Waals surface area contributed by atoms with Crippen molar-refractivity contribution >= 4 is 18.3 Å². The van der Waals surface area contributed by atoms with E-state index >= 15 is 0 Å². The van der Waals surface area contributed by atoms with Crippen molar-refractivity contribution in [2.45, 2.75) is 27.2 Å². The van der Waals surface area contributed by atoms with Crippen molar-refractivity contribution in [3.63, 3.8) is 0 Å². The van der Waals surface area contributed by atoms with Crippen molar-refractivity contribution in [2.75, 3.05) is 39.5 Å². The monoisotopic (exact) mass is 372 g/mol. The zero-order valence-electron chi connectivity index (χ0n) is 15.2. The van der Waals surface area contributed by atoms with Gasteiger partial charge in [0.05, 0.1) is 19.8 Å². The van der Waals surface area contributed by atoms with Crippen LogP contribution in [-0.2, 0) is 0 Å². The molecular formula is C18H29ClN2O4. The summed E-state index contributed by atoms with van der Waals surface area (Å²) in [6.07, 6.45) is 0.954. The third-order valence-corrected chi connectivity index (χ3v) is 4.06. The fourth-order valence-corrected chi connectivity index (χ4v) is 2.90. The molecule has 1 fully saturated rings. The molecule has 1 amide bonds. The second-order valence-electron chi connectivity index (χ2n) is 5.74. The largest absolute Gasteiger partial charge is 0.490 e. The molecule has 6 nitrogen and oxygen atoms in total. The Kier molecular flexibility index (Phi) is 8.86. The topological polar surface area (TPSA) is 74.0 Å². The SMILES string of the molecule is CCOc1cc(C(=O)N2CCC(CN)C2)cc(OCC)c1OCC.Cl. The van der Waals surface area contributed by atoms with Crippen molar-refractivity contribution in [3.05, 3.63) is 17.7 Å². The Morgan fingerprint density at radius 2 is 1.68 bits per heavy atom. The molecule has 0 radical (unpaired) electrons. The molecule has 1 heterocycles. The first kappa shape index (κ1) is 21.4. The van der Waals surface area contributed by atoms with Gasteiger partial charge < -0.3 is 24.8 Å². The van der Waals surface area contributed by atoms with Crippen molar-refractivity contribution in [1.82, 2.24) is 4.90 Å². The number of rotatable bonds is 8. The molecule has 1 aliphatic rings. The number of halogens is 1. The lowest BCUT2D eigenvalue weighted by Crippen LogP contribution is -2.30. The number of nitrogens with two attached hydrogens (primary N) is 1. The molecule has 0 bridgehead atoms. The normalized spacial score (nSPS) is 16.3. The summed E-state index contributed by atoms with van der Waals surface area (Å²) in [5, 5.41) is 0. The van der Waals surface area contributed by atoms with Crippen LogP contribution in [0.2, 0.25) is 0 Å². The molecule has 2 N–H and O–H groups in total. The molecule has 0 spiro atoms. The van der Waals surface area contributed by atoms with Crippen LogP contribution >= 0.6 is 12.4 Å². The van der Waals surface area contributed by atoms with E-state index < -0.39 is 0 Å². The van der Waals surface area contributed by atoms with Crippen molar-refractivity contribution in [3.8, 4) is 17.2 Å². The van der Waals surface area contributed by atoms with E-state index in [2.05, 4.69) is 0 Å². The average molecular weight is 373 g/mol. The number of carbonyl (C=O) groups excluding carboxylic acids is 1. The number of nitrogens with zero attached hydrogens (tertiary/aromatic N) is 1. The Labute approximate surface area is 156 Å². The van der Waals surface area contributed by atoms with Crippen LogP contribution in [0.3, 0.4) is 0 Å². The van der Waals surface area contributed by atoms with Gasteiger partial charge in [0.1, 0.15) is 0 Å². The minimum atomic E-state index is -0.0177. The summed E-state index contributed by atoms with van der Waals surface area (Å²) in [5.41, 5.74) is 6.28.